The molecule has 2 rings (SSSR count). The smallest absolute Gasteiger partial charge is 0.416 e. The highest BCUT2D eigenvalue weighted by atomic mass is 19.4. The normalized spacial score (nSPS) is 16.9. The number of ether oxygens (including phenoxy) is 1. The lowest BCUT2D eigenvalue weighted by Gasteiger charge is -2.19. The summed E-state index contributed by atoms with van der Waals surface area (Å²) < 4.78 is 42.9. The van der Waals surface area contributed by atoms with Gasteiger partial charge in [0.2, 0.25) is 5.91 Å². The Morgan fingerprint density at radius 2 is 1.95 bits per heavy atom. The molecule has 0 aromatic heterocycles. The molecular formula is C14H14F3NO3. The first kappa shape index (κ1) is 15.3. The number of fused-ring (bicyclic) bond motifs is 1. The van der Waals surface area contributed by atoms with Gasteiger partial charge < -0.3 is 9.64 Å². The van der Waals surface area contributed by atoms with Crippen LogP contribution in [0.1, 0.15) is 25.0 Å². The number of alkyl halides is 3. The number of anilines is 1. The van der Waals surface area contributed by atoms with E-state index >= 15 is 0 Å². The molecule has 21 heavy (non-hydrogen) atoms. The molecule has 0 radical (unpaired) electrons. The molecule has 1 heterocycles. The minimum absolute atomic E-state index is 0.256. The molecule has 114 valence electrons. The summed E-state index contributed by atoms with van der Waals surface area (Å²) in [6, 6.07) is 3.08. The molecule has 4 nitrogen and oxygen atoms in total. The molecule has 0 saturated carbocycles. The van der Waals surface area contributed by atoms with Gasteiger partial charge in [-0.1, -0.05) is 0 Å². The van der Waals surface area contributed by atoms with Crippen LogP contribution in [0.3, 0.4) is 0 Å². The van der Waals surface area contributed by atoms with Crippen molar-refractivity contribution in [3.63, 3.8) is 0 Å². The fraction of sp³-hybridized carbons (Fsp3) is 0.429. The van der Waals surface area contributed by atoms with Crippen LogP contribution < -0.4 is 4.90 Å². The maximum absolute atomic E-state index is 12.8. The van der Waals surface area contributed by atoms with Crippen molar-refractivity contribution in [1.29, 1.82) is 0 Å². The molecule has 1 aliphatic rings. The molecule has 0 bridgehead atoms. The van der Waals surface area contributed by atoms with Gasteiger partial charge >= 0.3 is 12.1 Å². The quantitative estimate of drug-likeness (QED) is 0.789. The van der Waals surface area contributed by atoms with Crippen molar-refractivity contribution in [2.75, 3.05) is 18.6 Å². The molecule has 1 aromatic rings. The standard InChI is InChI=1S/C14H14F3NO3/c1-13(2)9-6-8(14(15,16)17)4-5-10(9)18(12(13)20)7-11(19)21-3/h4-6H,7H2,1-3H3. The third-order valence-electron chi connectivity index (χ3n) is 3.58. The highest BCUT2D eigenvalue weighted by Crippen LogP contribution is 2.44. The molecule has 0 fully saturated rings. The van der Waals surface area contributed by atoms with Crippen LogP contribution in [-0.4, -0.2) is 25.5 Å². The summed E-state index contributed by atoms with van der Waals surface area (Å²) in [5.74, 6) is -1.06. The lowest BCUT2D eigenvalue weighted by atomic mass is 9.85. The maximum atomic E-state index is 12.8. The second kappa shape index (κ2) is 4.75. The van der Waals surface area contributed by atoms with E-state index in [9.17, 15) is 22.8 Å². The predicted octanol–water partition coefficient (Wildman–Crippen LogP) is 2.50. The van der Waals surface area contributed by atoms with Crippen LogP contribution in [0.2, 0.25) is 0 Å². The van der Waals surface area contributed by atoms with Crippen molar-refractivity contribution in [1.82, 2.24) is 0 Å². The number of carbonyl (C=O) groups is 2. The van der Waals surface area contributed by atoms with E-state index in [1.807, 2.05) is 0 Å². The molecule has 1 aliphatic heterocycles. The van der Waals surface area contributed by atoms with Crippen LogP contribution in [0.15, 0.2) is 18.2 Å². The molecule has 7 heteroatoms. The molecule has 0 N–H and O–H groups in total. The van der Waals surface area contributed by atoms with Crippen molar-refractivity contribution in [2.45, 2.75) is 25.4 Å². The molecule has 0 saturated heterocycles. The van der Waals surface area contributed by atoms with Gasteiger partial charge in [-0.15, -0.1) is 0 Å². The number of carbonyl (C=O) groups excluding carboxylic acids is 2. The third-order valence-corrected chi connectivity index (χ3v) is 3.58. The van der Waals surface area contributed by atoms with Gasteiger partial charge in [0.05, 0.1) is 18.1 Å². The van der Waals surface area contributed by atoms with E-state index < -0.39 is 29.0 Å². The van der Waals surface area contributed by atoms with E-state index in [1.165, 1.54) is 27.0 Å². The highest BCUT2D eigenvalue weighted by molar-refractivity contribution is 6.09. The summed E-state index contributed by atoms with van der Waals surface area (Å²) in [5.41, 5.74) is -1.37. The molecular weight excluding hydrogens is 287 g/mol. The Hall–Kier alpha value is -2.05. The minimum atomic E-state index is -4.48. The minimum Gasteiger partial charge on any atom is -0.468 e. The van der Waals surface area contributed by atoms with E-state index in [0.717, 1.165) is 17.0 Å². The largest absolute Gasteiger partial charge is 0.468 e. The molecule has 0 unspecified atom stereocenters. The number of methoxy groups -OCH3 is 1. The summed E-state index contributed by atoms with van der Waals surface area (Å²) in [6.45, 7) is 2.74. The second-order valence-corrected chi connectivity index (χ2v) is 5.32. The van der Waals surface area contributed by atoms with Gasteiger partial charge in [0.1, 0.15) is 6.54 Å². The van der Waals surface area contributed by atoms with Gasteiger partial charge in [0.25, 0.3) is 0 Å². The molecule has 0 atom stereocenters. The summed E-state index contributed by atoms with van der Waals surface area (Å²) >= 11 is 0. The van der Waals surface area contributed by atoms with Gasteiger partial charge in [0.15, 0.2) is 0 Å². The maximum Gasteiger partial charge on any atom is 0.416 e. The van der Waals surface area contributed by atoms with Crippen molar-refractivity contribution < 1.29 is 27.5 Å². The Morgan fingerprint density at radius 3 is 2.48 bits per heavy atom. The first-order valence-electron chi connectivity index (χ1n) is 6.19. The zero-order valence-corrected chi connectivity index (χ0v) is 11.7. The Morgan fingerprint density at radius 1 is 1.33 bits per heavy atom. The Labute approximate surface area is 119 Å². The first-order chi connectivity index (χ1) is 9.59. The van der Waals surface area contributed by atoms with Crippen LogP contribution in [0.4, 0.5) is 18.9 Å². The number of esters is 1. The number of nitrogens with zero attached hydrogens (tertiary/aromatic N) is 1. The summed E-state index contributed by atoms with van der Waals surface area (Å²) in [6.07, 6.45) is -4.48. The predicted molar refractivity (Wildman–Crippen MR) is 68.8 cm³/mol. The number of benzene rings is 1. The molecule has 1 aromatic carbocycles. The van der Waals surface area contributed by atoms with Gasteiger partial charge in [-0.05, 0) is 37.6 Å². The Bertz CT molecular complexity index is 608. The lowest BCUT2D eigenvalue weighted by molar-refractivity contribution is -0.140. The van der Waals surface area contributed by atoms with E-state index in [1.54, 1.807) is 0 Å². The fourth-order valence-corrected chi connectivity index (χ4v) is 2.36. The summed E-state index contributed by atoms with van der Waals surface area (Å²) in [4.78, 5) is 24.9. The number of rotatable bonds is 2. The van der Waals surface area contributed by atoms with Gasteiger partial charge in [-0.3, -0.25) is 9.59 Å². The van der Waals surface area contributed by atoms with E-state index in [0.29, 0.717) is 5.69 Å². The topological polar surface area (TPSA) is 46.6 Å². The summed E-state index contributed by atoms with van der Waals surface area (Å²) in [5, 5.41) is 0. The summed E-state index contributed by atoms with van der Waals surface area (Å²) in [7, 11) is 1.18. The van der Waals surface area contributed by atoms with Crippen molar-refractivity contribution in [3.05, 3.63) is 29.3 Å². The third kappa shape index (κ3) is 2.48. The lowest BCUT2D eigenvalue weighted by Crippen LogP contribution is -2.39. The Balaban J connectivity index is 2.51. The van der Waals surface area contributed by atoms with Crippen LogP contribution in [0.5, 0.6) is 0 Å². The van der Waals surface area contributed by atoms with Crippen LogP contribution in [0, 0.1) is 0 Å². The highest BCUT2D eigenvalue weighted by Gasteiger charge is 2.46. The zero-order chi connectivity index (χ0) is 16.0. The number of hydrogen-bond donors (Lipinski definition) is 0. The average molecular weight is 301 g/mol. The van der Waals surface area contributed by atoms with Crippen molar-refractivity contribution >= 4 is 17.6 Å². The SMILES string of the molecule is COC(=O)CN1C(=O)C(C)(C)c2cc(C(F)(F)F)ccc21. The van der Waals surface area contributed by atoms with Crippen LogP contribution >= 0.6 is 0 Å². The van der Waals surface area contributed by atoms with E-state index in [4.69, 9.17) is 0 Å². The fourth-order valence-electron chi connectivity index (χ4n) is 2.36. The van der Waals surface area contributed by atoms with Crippen molar-refractivity contribution in [3.8, 4) is 0 Å². The van der Waals surface area contributed by atoms with E-state index in [2.05, 4.69) is 4.74 Å². The van der Waals surface area contributed by atoms with Crippen LogP contribution in [-0.2, 0) is 25.9 Å². The average Bonchev–Trinajstić information content (AvgIpc) is 2.59. The first-order valence-corrected chi connectivity index (χ1v) is 6.19. The number of amides is 1. The molecule has 1 amide bonds. The monoisotopic (exact) mass is 301 g/mol. The molecule has 0 aliphatic carbocycles. The zero-order valence-electron chi connectivity index (χ0n) is 11.7. The number of hydrogen-bond acceptors (Lipinski definition) is 3. The second-order valence-electron chi connectivity index (χ2n) is 5.32. The van der Waals surface area contributed by atoms with E-state index in [-0.39, 0.29) is 12.1 Å². The number of halogens is 3. The van der Waals surface area contributed by atoms with Gasteiger partial charge in [-0.25, -0.2) is 0 Å². The Kier molecular flexibility index (Phi) is 3.47. The molecule has 0 spiro atoms. The van der Waals surface area contributed by atoms with Gasteiger partial charge in [-0.2, -0.15) is 13.2 Å². The van der Waals surface area contributed by atoms with Crippen LogP contribution in [0.25, 0.3) is 0 Å². The van der Waals surface area contributed by atoms with Gasteiger partial charge in [0, 0.05) is 5.69 Å². The van der Waals surface area contributed by atoms with Crippen molar-refractivity contribution in [2.24, 2.45) is 0 Å².